The molecule has 2 heteroatoms. The third kappa shape index (κ3) is 6.99. The molecule has 4 fully saturated rings. The van der Waals surface area contributed by atoms with E-state index in [2.05, 4.69) is 176 Å². The molecule has 2 unspecified atom stereocenters. The van der Waals surface area contributed by atoms with Crippen LogP contribution in [0.15, 0.2) is 146 Å². The van der Waals surface area contributed by atoms with Crippen LogP contribution in [0.5, 0.6) is 0 Å². The van der Waals surface area contributed by atoms with E-state index in [1.807, 2.05) is 0 Å². The van der Waals surface area contributed by atoms with Crippen molar-refractivity contribution < 1.29 is 0 Å². The second kappa shape index (κ2) is 14.8. The quantitative estimate of drug-likeness (QED) is 0.155. The highest BCUT2D eigenvalue weighted by molar-refractivity contribution is 5.72. The first-order chi connectivity index (χ1) is 26.4. The summed E-state index contributed by atoms with van der Waals surface area (Å²) in [5, 5.41) is 0. The first-order valence-corrected chi connectivity index (χ1v) is 20.4. The van der Waals surface area contributed by atoms with Gasteiger partial charge in [-0.25, -0.2) is 0 Å². The van der Waals surface area contributed by atoms with Crippen molar-refractivity contribution >= 4 is 0 Å². The fraction of sp³-hybridized carbons (Fsp3) is 0.308. The van der Waals surface area contributed by atoms with Crippen molar-refractivity contribution in [1.82, 2.24) is 9.80 Å². The zero-order chi connectivity index (χ0) is 36.6. The summed E-state index contributed by atoms with van der Waals surface area (Å²) in [6.45, 7) is 10.7. The molecule has 2 nitrogen and oxygen atoms in total. The van der Waals surface area contributed by atoms with E-state index in [4.69, 9.17) is 0 Å². The molecule has 0 radical (unpaired) electrons. The Balaban J connectivity index is 0.919. The van der Waals surface area contributed by atoms with Crippen molar-refractivity contribution in [3.63, 3.8) is 0 Å². The van der Waals surface area contributed by atoms with Crippen LogP contribution in [0.4, 0.5) is 0 Å². The van der Waals surface area contributed by atoms with E-state index in [1.54, 1.807) is 0 Å². The maximum Gasteiger partial charge on any atom is 0.0119 e. The molecule has 10 rings (SSSR count). The normalized spacial score (nSPS) is 22.3. The van der Waals surface area contributed by atoms with E-state index in [9.17, 15) is 0 Å². The van der Waals surface area contributed by atoms with Gasteiger partial charge in [0.1, 0.15) is 0 Å². The predicted molar refractivity (Wildman–Crippen MR) is 228 cm³/mol. The maximum atomic E-state index is 2.67. The van der Waals surface area contributed by atoms with Crippen molar-refractivity contribution in [3.8, 4) is 44.5 Å². The Kier molecular flexibility index (Phi) is 9.60. The molecule has 0 N–H and O–H groups in total. The summed E-state index contributed by atoms with van der Waals surface area (Å²) in [5.41, 5.74) is 16.1. The van der Waals surface area contributed by atoms with Crippen LogP contribution in [0.3, 0.4) is 0 Å². The van der Waals surface area contributed by atoms with Crippen molar-refractivity contribution in [2.24, 2.45) is 11.8 Å². The third-order valence-corrected chi connectivity index (χ3v) is 13.5. The van der Waals surface area contributed by atoms with E-state index >= 15 is 0 Å². The molecule has 54 heavy (non-hydrogen) atoms. The maximum absolute atomic E-state index is 2.67. The lowest BCUT2D eigenvalue weighted by Gasteiger charge is -2.52. The number of likely N-dealkylation sites (tertiary alicyclic amines) is 1. The second-order valence-electron chi connectivity index (χ2n) is 16.9. The zero-order valence-electron chi connectivity index (χ0n) is 32.3. The predicted octanol–water partition coefficient (Wildman–Crippen LogP) is 12.1. The van der Waals surface area contributed by atoms with Gasteiger partial charge in [-0.2, -0.15) is 0 Å². The molecule has 4 aliphatic heterocycles. The van der Waals surface area contributed by atoms with Crippen LogP contribution < -0.4 is 0 Å². The van der Waals surface area contributed by atoms with Gasteiger partial charge in [0.25, 0.3) is 0 Å². The monoisotopic (exact) mass is 706 g/mol. The zero-order valence-corrected chi connectivity index (χ0v) is 32.3. The molecule has 0 aliphatic carbocycles. The molecule has 6 aromatic carbocycles. The first-order valence-electron chi connectivity index (χ1n) is 20.4. The summed E-state index contributed by atoms with van der Waals surface area (Å²) in [6.07, 6.45) is 5.15. The lowest BCUT2D eigenvalue weighted by atomic mass is 9.64. The Hall–Kier alpha value is -4.76. The van der Waals surface area contributed by atoms with Crippen molar-refractivity contribution in [1.29, 1.82) is 0 Å². The molecule has 4 saturated heterocycles. The van der Waals surface area contributed by atoms with E-state index in [-0.39, 0.29) is 5.41 Å². The Bertz CT molecular complexity index is 2150. The number of hydrogen-bond donors (Lipinski definition) is 0. The van der Waals surface area contributed by atoms with Crippen LogP contribution in [-0.4, -0.2) is 49.6 Å². The molecule has 2 bridgehead atoms. The molecule has 272 valence electrons. The number of benzene rings is 6. The Labute approximate surface area is 323 Å². The Morgan fingerprint density at radius 1 is 0.463 bits per heavy atom. The minimum Gasteiger partial charge on any atom is -0.306 e. The van der Waals surface area contributed by atoms with Crippen molar-refractivity contribution in [3.05, 3.63) is 168 Å². The lowest BCUT2D eigenvalue weighted by molar-refractivity contribution is 0.0336. The largest absolute Gasteiger partial charge is 0.306 e. The number of hydrogen-bond acceptors (Lipinski definition) is 2. The highest BCUT2D eigenvalue weighted by Crippen LogP contribution is 2.45. The molecular weight excluding hydrogens is 653 g/mol. The van der Waals surface area contributed by atoms with Gasteiger partial charge in [-0.3, -0.25) is 0 Å². The van der Waals surface area contributed by atoms with Gasteiger partial charge >= 0.3 is 0 Å². The number of fused-ring (bicyclic) bond motifs is 3. The van der Waals surface area contributed by atoms with Gasteiger partial charge in [-0.1, -0.05) is 158 Å². The molecule has 6 aromatic rings. The smallest absolute Gasteiger partial charge is 0.0119 e. The van der Waals surface area contributed by atoms with Gasteiger partial charge in [0.05, 0.1) is 0 Å². The van der Waals surface area contributed by atoms with Gasteiger partial charge in [-0.05, 0) is 139 Å². The van der Waals surface area contributed by atoms with Crippen LogP contribution in [0.1, 0.15) is 60.8 Å². The van der Waals surface area contributed by atoms with Crippen LogP contribution in [0.25, 0.3) is 44.5 Å². The minimum atomic E-state index is 0.288. The van der Waals surface area contributed by atoms with Crippen LogP contribution >= 0.6 is 0 Å². The third-order valence-electron chi connectivity index (χ3n) is 13.5. The van der Waals surface area contributed by atoms with Gasteiger partial charge in [0, 0.05) is 17.9 Å². The number of rotatable bonds is 8. The number of piperidine rings is 4. The van der Waals surface area contributed by atoms with Crippen molar-refractivity contribution in [2.75, 3.05) is 39.8 Å². The van der Waals surface area contributed by atoms with E-state index in [0.717, 1.165) is 19.0 Å². The Morgan fingerprint density at radius 2 is 0.815 bits per heavy atom. The molecule has 0 amide bonds. The van der Waals surface area contributed by atoms with E-state index in [1.165, 1.54) is 112 Å². The fourth-order valence-electron chi connectivity index (χ4n) is 10.0. The summed E-state index contributed by atoms with van der Waals surface area (Å²) in [4.78, 5) is 5.15. The van der Waals surface area contributed by atoms with Gasteiger partial charge in [0.15, 0.2) is 0 Å². The highest BCUT2D eigenvalue weighted by Gasteiger charge is 2.44. The molecule has 0 aromatic heterocycles. The average molecular weight is 707 g/mol. The van der Waals surface area contributed by atoms with Gasteiger partial charge < -0.3 is 9.80 Å². The summed E-state index contributed by atoms with van der Waals surface area (Å²) in [5.74, 6) is 1.84. The van der Waals surface area contributed by atoms with Crippen LogP contribution in [-0.2, 0) is 5.41 Å². The Morgan fingerprint density at radius 3 is 1.19 bits per heavy atom. The van der Waals surface area contributed by atoms with Crippen LogP contribution in [0.2, 0.25) is 0 Å². The summed E-state index contributed by atoms with van der Waals surface area (Å²) in [7, 11) is 2.26. The summed E-state index contributed by atoms with van der Waals surface area (Å²) in [6, 6.07) is 55.5. The molecule has 0 spiro atoms. The highest BCUT2D eigenvalue weighted by atomic mass is 15.2. The van der Waals surface area contributed by atoms with Gasteiger partial charge in [-0.15, -0.1) is 0 Å². The molecule has 4 aliphatic rings. The number of aryl methyl sites for hydroxylation is 1. The summed E-state index contributed by atoms with van der Waals surface area (Å²) >= 11 is 0. The van der Waals surface area contributed by atoms with Gasteiger partial charge in [0.2, 0.25) is 0 Å². The molecule has 0 saturated carbocycles. The molecule has 4 heterocycles. The SMILES string of the molecule is Cc1ccc(-c2ccc(-c3ccc(C(c4ccc(-c5ccc(-c6ccc(C7(C)CN8CCC7CC8)cc6)cc5)cc4)C4CCN(C)CC4)cc3)cc2)cc1. The minimum absolute atomic E-state index is 0.288. The standard InChI is InChI=1S/C52H54N2/c1-37-4-6-38(7-5-37)39-8-10-40(11-9-39)43-16-20-46(21-17-43)51(48-28-32-53(3)33-29-48)47-22-18-44(19-23-47)41-12-14-42(15-13-41)45-24-26-49(27-25-45)52(2)36-54-34-30-50(52)31-35-54/h4-27,48,50-51H,28-36H2,1-3H3. The second-order valence-corrected chi connectivity index (χ2v) is 16.9. The average Bonchev–Trinajstić information content (AvgIpc) is 3.23. The van der Waals surface area contributed by atoms with Crippen LogP contribution in [0, 0.1) is 18.8 Å². The van der Waals surface area contributed by atoms with Crippen molar-refractivity contribution in [2.45, 2.75) is 50.9 Å². The molecular formula is C52H54N2. The molecule has 2 atom stereocenters. The first kappa shape index (κ1) is 35.0. The van der Waals surface area contributed by atoms with E-state index < -0.39 is 0 Å². The van der Waals surface area contributed by atoms with E-state index in [0.29, 0.717) is 11.8 Å². The topological polar surface area (TPSA) is 6.48 Å². The number of nitrogens with zero attached hydrogens (tertiary/aromatic N) is 2. The lowest BCUT2D eigenvalue weighted by Crippen LogP contribution is -2.55. The fourth-order valence-corrected chi connectivity index (χ4v) is 10.0. The summed E-state index contributed by atoms with van der Waals surface area (Å²) < 4.78 is 0.